The molecule has 4 nitrogen and oxygen atoms in total. The lowest BCUT2D eigenvalue weighted by atomic mass is 9.97. The molecular weight excluding hydrogens is 458 g/mol. The summed E-state index contributed by atoms with van der Waals surface area (Å²) < 4.78 is 13.8. The van der Waals surface area contributed by atoms with Crippen LogP contribution >= 0.6 is 11.6 Å². The molecule has 0 N–H and O–H groups in total. The standard InChI is InChI=1S/C30H26ClNO3/c1-30(2)17-16-25-28(34-3)15-13-24(29(25)35-30)27(33)14-10-21-19-32(26-7-5-4-6-23(21)26)18-20-8-11-22(31)12-9-20/h4-17,19H,18H2,1-3H3/b14-10+. The minimum Gasteiger partial charge on any atom is -0.496 e. The van der Waals surface area contributed by atoms with Crippen LogP contribution < -0.4 is 9.47 Å². The number of hydrogen-bond donors (Lipinski definition) is 0. The number of hydrogen-bond acceptors (Lipinski definition) is 3. The highest BCUT2D eigenvalue weighted by Gasteiger charge is 2.27. The van der Waals surface area contributed by atoms with E-state index in [1.807, 2.05) is 74.5 Å². The van der Waals surface area contributed by atoms with Crippen molar-refractivity contribution in [1.29, 1.82) is 0 Å². The highest BCUT2D eigenvalue weighted by molar-refractivity contribution is 6.30. The molecule has 3 aromatic carbocycles. The Balaban J connectivity index is 1.48. The fourth-order valence-corrected chi connectivity index (χ4v) is 4.51. The molecule has 0 aliphatic carbocycles. The van der Waals surface area contributed by atoms with Crippen LogP contribution in [0, 0.1) is 0 Å². The van der Waals surface area contributed by atoms with Crippen molar-refractivity contribution in [2.75, 3.05) is 7.11 Å². The third-order valence-corrected chi connectivity index (χ3v) is 6.41. The predicted octanol–water partition coefficient (Wildman–Crippen LogP) is 7.43. The Hall–Kier alpha value is -3.76. The third kappa shape index (κ3) is 4.62. The summed E-state index contributed by atoms with van der Waals surface area (Å²) in [5.41, 5.74) is 4.02. The molecule has 35 heavy (non-hydrogen) atoms. The second kappa shape index (κ2) is 9.12. The van der Waals surface area contributed by atoms with Crippen molar-refractivity contribution in [1.82, 2.24) is 4.57 Å². The van der Waals surface area contributed by atoms with Crippen LogP contribution in [0.15, 0.2) is 79.0 Å². The highest BCUT2D eigenvalue weighted by atomic mass is 35.5. The summed E-state index contributed by atoms with van der Waals surface area (Å²) >= 11 is 6.04. The maximum atomic E-state index is 13.3. The van der Waals surface area contributed by atoms with E-state index in [9.17, 15) is 4.79 Å². The van der Waals surface area contributed by atoms with Crippen molar-refractivity contribution in [3.8, 4) is 11.5 Å². The zero-order chi connectivity index (χ0) is 24.6. The summed E-state index contributed by atoms with van der Waals surface area (Å²) in [6, 6.07) is 19.6. The average molecular weight is 484 g/mol. The van der Waals surface area contributed by atoms with Crippen molar-refractivity contribution in [2.45, 2.75) is 26.0 Å². The molecule has 0 radical (unpaired) electrons. The number of methoxy groups -OCH3 is 1. The number of nitrogens with zero attached hydrogens (tertiary/aromatic N) is 1. The molecule has 0 bridgehead atoms. The topological polar surface area (TPSA) is 40.5 Å². The van der Waals surface area contributed by atoms with Gasteiger partial charge in [-0.15, -0.1) is 0 Å². The van der Waals surface area contributed by atoms with Gasteiger partial charge in [0, 0.05) is 34.2 Å². The van der Waals surface area contributed by atoms with Gasteiger partial charge < -0.3 is 14.0 Å². The summed E-state index contributed by atoms with van der Waals surface area (Å²) in [4.78, 5) is 13.3. The smallest absolute Gasteiger partial charge is 0.189 e. The molecule has 5 heteroatoms. The fourth-order valence-electron chi connectivity index (χ4n) is 4.38. The lowest BCUT2D eigenvalue weighted by molar-refractivity contribution is 0.103. The minimum atomic E-state index is -0.507. The van der Waals surface area contributed by atoms with Crippen molar-refractivity contribution in [3.05, 3.63) is 106 Å². The molecule has 176 valence electrons. The molecule has 1 aliphatic rings. The molecule has 0 fully saturated rings. The Morgan fingerprint density at radius 2 is 1.86 bits per heavy atom. The van der Waals surface area contributed by atoms with Gasteiger partial charge in [-0.3, -0.25) is 4.79 Å². The number of ether oxygens (including phenoxy) is 2. The van der Waals surface area contributed by atoms with Gasteiger partial charge in [-0.1, -0.05) is 41.9 Å². The zero-order valence-corrected chi connectivity index (χ0v) is 20.7. The Kier molecular flexibility index (Phi) is 6.00. The summed E-state index contributed by atoms with van der Waals surface area (Å²) in [6.07, 6.45) is 9.50. The molecule has 4 aromatic rings. The van der Waals surface area contributed by atoms with Crippen LogP contribution in [-0.2, 0) is 6.54 Å². The van der Waals surface area contributed by atoms with E-state index in [1.165, 1.54) is 0 Å². The lowest BCUT2D eigenvalue weighted by Crippen LogP contribution is -2.28. The first kappa shape index (κ1) is 23.0. The number of carbonyl (C=O) groups excluding carboxylic acids is 1. The summed E-state index contributed by atoms with van der Waals surface area (Å²) in [7, 11) is 1.62. The van der Waals surface area contributed by atoms with E-state index in [0.717, 1.165) is 32.6 Å². The Bertz CT molecular complexity index is 1480. The van der Waals surface area contributed by atoms with Crippen LogP contribution in [0.3, 0.4) is 0 Å². The molecule has 5 rings (SSSR count). The maximum absolute atomic E-state index is 13.3. The van der Waals surface area contributed by atoms with Crippen LogP contribution in [0.5, 0.6) is 11.5 Å². The second-order valence-electron chi connectivity index (χ2n) is 9.15. The fraction of sp³-hybridized carbons (Fsp3) is 0.167. The van der Waals surface area contributed by atoms with Crippen LogP contribution in [0.2, 0.25) is 5.02 Å². The molecule has 0 saturated heterocycles. The average Bonchev–Trinajstić information content (AvgIpc) is 3.20. The predicted molar refractivity (Wildman–Crippen MR) is 143 cm³/mol. The van der Waals surface area contributed by atoms with Crippen LogP contribution in [-0.4, -0.2) is 23.1 Å². The van der Waals surface area contributed by atoms with E-state index in [1.54, 1.807) is 19.3 Å². The number of rotatable bonds is 6. The van der Waals surface area contributed by atoms with Crippen LogP contribution in [0.25, 0.3) is 23.1 Å². The van der Waals surface area contributed by atoms with Crippen molar-refractivity contribution >= 4 is 40.4 Å². The van der Waals surface area contributed by atoms with E-state index in [4.69, 9.17) is 21.1 Å². The van der Waals surface area contributed by atoms with Gasteiger partial charge in [-0.2, -0.15) is 0 Å². The number of carbonyl (C=O) groups is 1. The quantitative estimate of drug-likeness (QED) is 0.211. The molecule has 0 saturated carbocycles. The normalized spacial score (nSPS) is 14.2. The second-order valence-corrected chi connectivity index (χ2v) is 9.59. The molecular formula is C30H26ClNO3. The summed E-state index contributed by atoms with van der Waals surface area (Å²) in [6.45, 7) is 4.64. The van der Waals surface area contributed by atoms with Crippen molar-refractivity contribution in [2.24, 2.45) is 0 Å². The largest absolute Gasteiger partial charge is 0.496 e. The third-order valence-electron chi connectivity index (χ3n) is 6.16. The number of ketones is 1. The molecule has 0 amide bonds. The zero-order valence-electron chi connectivity index (χ0n) is 19.9. The SMILES string of the molecule is COc1ccc(C(=O)/C=C/c2cn(Cc3ccc(Cl)cc3)c3ccccc23)c2c1C=CC(C)(C)O2. The monoisotopic (exact) mass is 483 g/mol. The minimum absolute atomic E-state index is 0.121. The first-order valence-corrected chi connectivity index (χ1v) is 11.9. The number of benzene rings is 3. The van der Waals surface area contributed by atoms with Gasteiger partial charge in [-0.05, 0) is 74.0 Å². The van der Waals surface area contributed by atoms with Gasteiger partial charge in [0.1, 0.15) is 17.1 Å². The number of halogens is 1. The van der Waals surface area contributed by atoms with Crippen molar-refractivity contribution < 1.29 is 14.3 Å². The van der Waals surface area contributed by atoms with Gasteiger partial charge in [0.05, 0.1) is 18.2 Å². The summed E-state index contributed by atoms with van der Waals surface area (Å²) in [5.74, 6) is 1.11. The van der Waals surface area contributed by atoms with Crippen LogP contribution in [0.1, 0.15) is 40.9 Å². The van der Waals surface area contributed by atoms with Gasteiger partial charge in [-0.25, -0.2) is 0 Å². The van der Waals surface area contributed by atoms with Gasteiger partial charge in [0.2, 0.25) is 0 Å². The highest BCUT2D eigenvalue weighted by Crippen LogP contribution is 2.40. The Morgan fingerprint density at radius 3 is 2.63 bits per heavy atom. The van der Waals surface area contributed by atoms with Gasteiger partial charge in [0.25, 0.3) is 0 Å². The lowest BCUT2D eigenvalue weighted by Gasteiger charge is -2.29. The molecule has 1 aliphatic heterocycles. The van der Waals surface area contributed by atoms with E-state index in [2.05, 4.69) is 22.9 Å². The van der Waals surface area contributed by atoms with E-state index in [-0.39, 0.29) is 5.78 Å². The number of allylic oxidation sites excluding steroid dienone is 1. The van der Waals surface area contributed by atoms with E-state index < -0.39 is 5.60 Å². The van der Waals surface area contributed by atoms with E-state index >= 15 is 0 Å². The summed E-state index contributed by atoms with van der Waals surface area (Å²) in [5, 5.41) is 1.81. The van der Waals surface area contributed by atoms with Crippen LogP contribution in [0.4, 0.5) is 0 Å². The molecule has 1 aromatic heterocycles. The molecule has 0 unspecified atom stereocenters. The van der Waals surface area contributed by atoms with Gasteiger partial charge >= 0.3 is 0 Å². The number of aromatic nitrogens is 1. The molecule has 2 heterocycles. The number of fused-ring (bicyclic) bond motifs is 2. The van der Waals surface area contributed by atoms with E-state index in [0.29, 0.717) is 23.6 Å². The Labute approximate surface area is 210 Å². The first-order chi connectivity index (χ1) is 16.8. The number of para-hydroxylation sites is 1. The first-order valence-electron chi connectivity index (χ1n) is 11.5. The van der Waals surface area contributed by atoms with Gasteiger partial charge in [0.15, 0.2) is 5.78 Å². The molecule has 0 spiro atoms. The molecule has 0 atom stereocenters. The maximum Gasteiger partial charge on any atom is 0.189 e. The van der Waals surface area contributed by atoms with Crippen molar-refractivity contribution in [3.63, 3.8) is 0 Å². The Morgan fingerprint density at radius 1 is 1.09 bits per heavy atom.